The number of hydrogen-bond donors (Lipinski definition) is 1. The van der Waals surface area contributed by atoms with E-state index in [1.165, 1.54) is 0 Å². The zero-order chi connectivity index (χ0) is 9.42. The molecule has 1 N–H and O–H groups in total. The first kappa shape index (κ1) is 8.32. The summed E-state index contributed by atoms with van der Waals surface area (Å²) in [6, 6.07) is 7.83. The molecule has 0 radical (unpaired) electrons. The molecular weight excluding hydrogens is 180 g/mol. The average molecular weight is 190 g/mol. The zero-order valence-corrected chi connectivity index (χ0v) is 8.19. The number of rotatable bonds is 1. The molecule has 13 heavy (non-hydrogen) atoms. The van der Waals surface area contributed by atoms with Gasteiger partial charge in [-0.2, -0.15) is 0 Å². The van der Waals surface area contributed by atoms with E-state index < -0.39 is 0 Å². The van der Waals surface area contributed by atoms with Crippen LogP contribution in [0.5, 0.6) is 5.75 Å². The lowest BCUT2D eigenvalue weighted by atomic mass is 10.2. The number of aromatic hydroxyl groups is 1. The molecule has 1 aromatic carbocycles. The maximum absolute atomic E-state index is 9.81. The molecule has 0 bridgehead atoms. The fourth-order valence-corrected chi connectivity index (χ4v) is 2.34. The van der Waals surface area contributed by atoms with Crippen molar-refractivity contribution in [1.82, 2.24) is 0 Å². The Morgan fingerprint density at radius 1 is 1.38 bits per heavy atom. The third-order valence-electron chi connectivity index (χ3n) is 1.96. The highest BCUT2D eigenvalue weighted by atomic mass is 32.1. The van der Waals surface area contributed by atoms with E-state index in [1.54, 1.807) is 11.3 Å². The van der Waals surface area contributed by atoms with Gasteiger partial charge in [0.05, 0.1) is 4.88 Å². The summed E-state index contributed by atoms with van der Waals surface area (Å²) >= 11 is 1.58. The molecule has 0 saturated heterocycles. The van der Waals surface area contributed by atoms with Gasteiger partial charge in [0.2, 0.25) is 0 Å². The van der Waals surface area contributed by atoms with Gasteiger partial charge in [0, 0.05) is 10.1 Å². The molecule has 0 amide bonds. The first-order valence-electron chi connectivity index (χ1n) is 4.06. The van der Waals surface area contributed by atoms with Gasteiger partial charge in [-0.15, -0.1) is 11.3 Å². The number of hydrogen-bond acceptors (Lipinski definition) is 2. The zero-order valence-electron chi connectivity index (χ0n) is 7.37. The van der Waals surface area contributed by atoms with Gasteiger partial charge in [-0.25, -0.2) is 0 Å². The van der Waals surface area contributed by atoms with E-state index in [0.29, 0.717) is 5.75 Å². The maximum Gasteiger partial charge on any atom is 0.141 e. The van der Waals surface area contributed by atoms with Crippen LogP contribution in [-0.2, 0) is 0 Å². The van der Waals surface area contributed by atoms with Crippen molar-refractivity contribution in [3.8, 4) is 5.75 Å². The van der Waals surface area contributed by atoms with Crippen molar-refractivity contribution in [2.24, 2.45) is 0 Å². The fourth-order valence-electron chi connectivity index (χ4n) is 1.32. The molecule has 0 atom stereocenters. The van der Waals surface area contributed by atoms with Crippen LogP contribution in [0.4, 0.5) is 0 Å². The summed E-state index contributed by atoms with van der Waals surface area (Å²) in [5, 5.41) is 10.7. The van der Waals surface area contributed by atoms with Crippen LogP contribution in [-0.4, -0.2) is 5.11 Å². The van der Waals surface area contributed by atoms with Gasteiger partial charge in [0.25, 0.3) is 0 Å². The Labute approximate surface area is 81.0 Å². The van der Waals surface area contributed by atoms with Crippen LogP contribution in [0.1, 0.15) is 11.8 Å². The second-order valence-corrected chi connectivity index (χ2v) is 4.11. The Bertz CT molecular complexity index is 468. The van der Waals surface area contributed by atoms with Crippen molar-refractivity contribution in [3.05, 3.63) is 35.7 Å². The molecule has 0 saturated carbocycles. The summed E-state index contributed by atoms with van der Waals surface area (Å²) < 4.78 is 1.11. The first-order chi connectivity index (χ1) is 6.20. The monoisotopic (exact) mass is 190 g/mol. The van der Waals surface area contributed by atoms with Gasteiger partial charge in [0.15, 0.2) is 0 Å². The molecular formula is C11H10OS. The molecule has 66 valence electrons. The van der Waals surface area contributed by atoms with Crippen LogP contribution >= 0.6 is 11.3 Å². The van der Waals surface area contributed by atoms with E-state index in [1.807, 2.05) is 31.2 Å². The Morgan fingerprint density at radius 2 is 2.08 bits per heavy atom. The summed E-state index contributed by atoms with van der Waals surface area (Å²) in [7, 11) is 0. The number of benzene rings is 1. The second kappa shape index (κ2) is 2.89. The summed E-state index contributed by atoms with van der Waals surface area (Å²) in [5.74, 6) is 0.369. The normalized spacial score (nSPS) is 10.5. The van der Waals surface area contributed by atoms with Crippen molar-refractivity contribution < 1.29 is 5.11 Å². The molecule has 1 aromatic heterocycles. The van der Waals surface area contributed by atoms with Crippen molar-refractivity contribution >= 4 is 27.0 Å². The molecule has 0 spiro atoms. The summed E-state index contributed by atoms with van der Waals surface area (Å²) in [4.78, 5) is 0.890. The van der Waals surface area contributed by atoms with Crippen LogP contribution < -0.4 is 0 Å². The van der Waals surface area contributed by atoms with Gasteiger partial charge in [-0.3, -0.25) is 0 Å². The topological polar surface area (TPSA) is 20.2 Å². The second-order valence-electron chi connectivity index (χ2n) is 3.06. The first-order valence-corrected chi connectivity index (χ1v) is 4.88. The van der Waals surface area contributed by atoms with E-state index in [-0.39, 0.29) is 0 Å². The van der Waals surface area contributed by atoms with Gasteiger partial charge < -0.3 is 5.11 Å². The Balaban J connectivity index is 2.81. The lowest BCUT2D eigenvalue weighted by Gasteiger charge is -1.93. The molecule has 0 aliphatic rings. The molecule has 2 rings (SSSR count). The van der Waals surface area contributed by atoms with Crippen molar-refractivity contribution in [3.63, 3.8) is 0 Å². The van der Waals surface area contributed by atoms with Gasteiger partial charge in [0.1, 0.15) is 5.75 Å². The molecule has 0 unspecified atom stereocenters. The highest BCUT2D eigenvalue weighted by molar-refractivity contribution is 7.20. The Hall–Kier alpha value is -1.28. The molecule has 0 aliphatic carbocycles. The maximum atomic E-state index is 9.81. The van der Waals surface area contributed by atoms with Crippen LogP contribution in [0.3, 0.4) is 0 Å². The van der Waals surface area contributed by atoms with Crippen molar-refractivity contribution in [2.75, 3.05) is 0 Å². The molecule has 0 aliphatic heterocycles. The van der Waals surface area contributed by atoms with Crippen molar-refractivity contribution in [1.29, 1.82) is 0 Å². The SMILES string of the molecule is C=C(C)c1sc2ccccc2c1O. The summed E-state index contributed by atoms with van der Waals surface area (Å²) in [6.45, 7) is 5.74. The van der Waals surface area contributed by atoms with Crippen LogP contribution in [0.15, 0.2) is 30.8 Å². The minimum absolute atomic E-state index is 0.369. The standard InChI is InChI=1S/C11H10OS/c1-7(2)11-10(12)8-5-3-4-6-9(8)13-11/h3-6,12H,1H2,2H3. The minimum atomic E-state index is 0.369. The van der Waals surface area contributed by atoms with Gasteiger partial charge in [-0.1, -0.05) is 18.7 Å². The number of thiophene rings is 1. The number of allylic oxidation sites excluding steroid dienone is 1. The van der Waals surface area contributed by atoms with Crippen molar-refractivity contribution in [2.45, 2.75) is 6.92 Å². The van der Waals surface area contributed by atoms with Crippen LogP contribution in [0, 0.1) is 0 Å². The highest BCUT2D eigenvalue weighted by Crippen LogP contribution is 2.39. The molecule has 1 nitrogen and oxygen atoms in total. The third-order valence-corrected chi connectivity index (χ3v) is 3.28. The Kier molecular flexibility index (Phi) is 1.85. The highest BCUT2D eigenvalue weighted by Gasteiger charge is 2.09. The predicted molar refractivity (Wildman–Crippen MR) is 58.2 cm³/mol. The number of fused-ring (bicyclic) bond motifs is 1. The molecule has 2 aromatic rings. The summed E-state index contributed by atoms with van der Waals surface area (Å²) in [5.41, 5.74) is 0.915. The molecule has 2 heteroatoms. The lowest BCUT2D eigenvalue weighted by Crippen LogP contribution is -1.68. The average Bonchev–Trinajstić information content (AvgIpc) is 2.45. The lowest BCUT2D eigenvalue weighted by molar-refractivity contribution is 0.482. The van der Waals surface area contributed by atoms with E-state index in [4.69, 9.17) is 0 Å². The molecule has 0 fully saturated rings. The third kappa shape index (κ3) is 1.23. The van der Waals surface area contributed by atoms with Gasteiger partial charge >= 0.3 is 0 Å². The largest absolute Gasteiger partial charge is 0.506 e. The Morgan fingerprint density at radius 3 is 2.69 bits per heavy atom. The molecule has 1 heterocycles. The van der Waals surface area contributed by atoms with Crippen LogP contribution in [0.2, 0.25) is 0 Å². The van der Waals surface area contributed by atoms with Crippen LogP contribution in [0.25, 0.3) is 15.7 Å². The summed E-state index contributed by atoms with van der Waals surface area (Å²) in [6.07, 6.45) is 0. The van der Waals surface area contributed by atoms with E-state index in [9.17, 15) is 5.11 Å². The predicted octanol–water partition coefficient (Wildman–Crippen LogP) is 3.64. The fraction of sp³-hybridized carbons (Fsp3) is 0.0909. The van der Waals surface area contributed by atoms with E-state index in [2.05, 4.69) is 6.58 Å². The quantitative estimate of drug-likeness (QED) is 0.727. The van der Waals surface area contributed by atoms with E-state index >= 15 is 0 Å². The van der Waals surface area contributed by atoms with Gasteiger partial charge in [-0.05, 0) is 24.6 Å². The minimum Gasteiger partial charge on any atom is -0.506 e. The van der Waals surface area contributed by atoms with E-state index in [0.717, 1.165) is 20.5 Å². The smallest absolute Gasteiger partial charge is 0.141 e.